The number of nitriles is 1. The quantitative estimate of drug-likeness (QED) is 0.826. The summed E-state index contributed by atoms with van der Waals surface area (Å²) < 4.78 is 1.04. The van der Waals surface area contributed by atoms with Gasteiger partial charge in [-0.15, -0.1) is 0 Å². The number of anilines is 3. The minimum atomic E-state index is 0.558. The lowest BCUT2D eigenvalue weighted by molar-refractivity contribution is 1.41. The summed E-state index contributed by atoms with van der Waals surface area (Å²) in [6, 6.07) is 13.3. The number of nitrogen functional groups attached to an aromatic ring is 1. The van der Waals surface area contributed by atoms with Gasteiger partial charge in [0.15, 0.2) is 0 Å². The van der Waals surface area contributed by atoms with Crippen LogP contribution in [0.1, 0.15) is 11.1 Å². The smallest absolute Gasteiger partial charge is 0.0992 e. The summed E-state index contributed by atoms with van der Waals surface area (Å²) in [5, 5.41) is 12.0. The maximum Gasteiger partial charge on any atom is 0.0992 e. The number of nitrogens with two attached hydrogens (primary N) is 1. The van der Waals surface area contributed by atoms with Crippen molar-refractivity contribution in [1.29, 1.82) is 5.26 Å². The van der Waals surface area contributed by atoms with Gasteiger partial charge >= 0.3 is 0 Å². The fourth-order valence-electron chi connectivity index (χ4n) is 1.57. The molecule has 2 rings (SSSR count). The zero-order valence-corrected chi connectivity index (χ0v) is 11.5. The van der Waals surface area contributed by atoms with Crippen LogP contribution < -0.4 is 11.1 Å². The van der Waals surface area contributed by atoms with Crippen molar-refractivity contribution >= 4 is 33.0 Å². The lowest BCUT2D eigenvalue weighted by Gasteiger charge is -2.10. The van der Waals surface area contributed by atoms with Crippen LogP contribution in [0.2, 0.25) is 0 Å². The molecule has 3 nitrogen and oxygen atoms in total. The number of benzene rings is 2. The zero-order valence-electron chi connectivity index (χ0n) is 9.87. The van der Waals surface area contributed by atoms with Crippen LogP contribution >= 0.6 is 15.9 Å². The molecule has 0 amide bonds. The summed E-state index contributed by atoms with van der Waals surface area (Å²) in [5.41, 5.74) is 9.93. The first-order valence-corrected chi connectivity index (χ1v) is 6.22. The number of halogens is 1. The monoisotopic (exact) mass is 301 g/mol. The van der Waals surface area contributed by atoms with E-state index < -0.39 is 0 Å². The predicted octanol–water partition coefficient (Wildman–Crippen LogP) is 3.96. The molecule has 2 aromatic rings. The van der Waals surface area contributed by atoms with Crippen molar-refractivity contribution < 1.29 is 0 Å². The average Bonchev–Trinajstić information content (AvgIpc) is 2.36. The second-order valence-electron chi connectivity index (χ2n) is 4.00. The molecule has 4 heteroatoms. The standard InChI is InChI=1S/C14H12BrN3/c1-9-2-4-11(7-12(9)15)18-14-5-3-10(8-16)6-13(14)17/h2-7,18H,17H2,1H3. The maximum absolute atomic E-state index is 8.78. The normalized spacial score (nSPS) is 9.83. The summed E-state index contributed by atoms with van der Waals surface area (Å²) in [6.07, 6.45) is 0. The summed E-state index contributed by atoms with van der Waals surface area (Å²) >= 11 is 3.49. The van der Waals surface area contributed by atoms with Crippen LogP contribution in [0.15, 0.2) is 40.9 Å². The molecular weight excluding hydrogens is 290 g/mol. The van der Waals surface area contributed by atoms with Gasteiger partial charge < -0.3 is 11.1 Å². The van der Waals surface area contributed by atoms with Crippen molar-refractivity contribution in [2.24, 2.45) is 0 Å². The topological polar surface area (TPSA) is 61.8 Å². The molecule has 90 valence electrons. The summed E-state index contributed by atoms with van der Waals surface area (Å²) in [4.78, 5) is 0. The Morgan fingerprint density at radius 1 is 1.22 bits per heavy atom. The Kier molecular flexibility index (Phi) is 3.54. The minimum Gasteiger partial charge on any atom is -0.397 e. The highest BCUT2D eigenvalue weighted by Crippen LogP contribution is 2.27. The van der Waals surface area contributed by atoms with Crippen molar-refractivity contribution in [3.63, 3.8) is 0 Å². The molecule has 2 aromatic carbocycles. The van der Waals surface area contributed by atoms with Crippen molar-refractivity contribution in [1.82, 2.24) is 0 Å². The number of hydrogen-bond acceptors (Lipinski definition) is 3. The first-order chi connectivity index (χ1) is 8.60. The van der Waals surface area contributed by atoms with Crippen LogP contribution in [0, 0.1) is 18.3 Å². The van der Waals surface area contributed by atoms with Crippen LogP contribution in [-0.2, 0) is 0 Å². The Hall–Kier alpha value is -1.99. The molecule has 0 aromatic heterocycles. The zero-order chi connectivity index (χ0) is 13.1. The van der Waals surface area contributed by atoms with Gasteiger partial charge in [-0.2, -0.15) is 5.26 Å². The summed E-state index contributed by atoms with van der Waals surface area (Å²) in [5.74, 6) is 0. The third-order valence-corrected chi connectivity index (χ3v) is 3.49. The predicted molar refractivity (Wildman–Crippen MR) is 77.7 cm³/mol. The van der Waals surface area contributed by atoms with Crippen LogP contribution in [0.5, 0.6) is 0 Å². The van der Waals surface area contributed by atoms with Crippen LogP contribution in [0.25, 0.3) is 0 Å². The van der Waals surface area contributed by atoms with Crippen molar-refractivity contribution in [3.8, 4) is 6.07 Å². The molecule has 0 saturated carbocycles. The molecule has 0 aliphatic rings. The molecule has 0 saturated heterocycles. The van der Waals surface area contributed by atoms with Gasteiger partial charge in [0.2, 0.25) is 0 Å². The molecule has 0 aliphatic carbocycles. The van der Waals surface area contributed by atoms with Gasteiger partial charge in [-0.3, -0.25) is 0 Å². The molecule has 0 fully saturated rings. The fourth-order valence-corrected chi connectivity index (χ4v) is 1.95. The van der Waals surface area contributed by atoms with E-state index >= 15 is 0 Å². The van der Waals surface area contributed by atoms with Crippen molar-refractivity contribution in [2.45, 2.75) is 6.92 Å². The van der Waals surface area contributed by atoms with Gasteiger partial charge in [0.05, 0.1) is 23.0 Å². The largest absolute Gasteiger partial charge is 0.397 e. The second kappa shape index (κ2) is 5.11. The Morgan fingerprint density at radius 2 is 2.00 bits per heavy atom. The van der Waals surface area contributed by atoms with Gasteiger partial charge in [0.1, 0.15) is 0 Å². The van der Waals surface area contributed by atoms with Crippen LogP contribution in [0.3, 0.4) is 0 Å². The highest BCUT2D eigenvalue weighted by Gasteiger charge is 2.02. The molecule has 0 unspecified atom stereocenters. The summed E-state index contributed by atoms with van der Waals surface area (Å²) in [6.45, 7) is 2.03. The van der Waals surface area contributed by atoms with E-state index in [0.717, 1.165) is 15.8 Å². The first kappa shape index (κ1) is 12.5. The molecule has 0 heterocycles. The number of hydrogen-bond donors (Lipinski definition) is 2. The van der Waals surface area contributed by atoms with Gasteiger partial charge in [-0.25, -0.2) is 0 Å². The van der Waals surface area contributed by atoms with Gasteiger partial charge in [0, 0.05) is 10.2 Å². The number of rotatable bonds is 2. The van der Waals surface area contributed by atoms with Crippen molar-refractivity contribution in [2.75, 3.05) is 11.1 Å². The molecular formula is C14H12BrN3. The minimum absolute atomic E-state index is 0.558. The number of nitrogens with one attached hydrogen (secondary N) is 1. The Morgan fingerprint density at radius 3 is 2.61 bits per heavy atom. The molecule has 0 radical (unpaired) electrons. The first-order valence-electron chi connectivity index (χ1n) is 5.43. The Balaban J connectivity index is 2.29. The average molecular weight is 302 g/mol. The highest BCUT2D eigenvalue weighted by atomic mass is 79.9. The third kappa shape index (κ3) is 2.63. The molecule has 0 atom stereocenters. The van der Waals surface area contributed by atoms with E-state index in [1.54, 1.807) is 12.1 Å². The van der Waals surface area contributed by atoms with Gasteiger partial charge in [-0.1, -0.05) is 22.0 Å². The molecule has 3 N–H and O–H groups in total. The van der Waals surface area contributed by atoms with Crippen LogP contribution in [0.4, 0.5) is 17.1 Å². The van der Waals surface area contributed by atoms with Gasteiger partial charge in [0.25, 0.3) is 0 Å². The van der Waals surface area contributed by atoms with E-state index in [1.807, 2.05) is 31.2 Å². The SMILES string of the molecule is Cc1ccc(Nc2ccc(C#N)cc2N)cc1Br. The molecule has 18 heavy (non-hydrogen) atoms. The Labute approximate surface area is 114 Å². The molecule has 0 bridgehead atoms. The van der Waals surface area contributed by atoms with E-state index in [1.165, 1.54) is 5.56 Å². The number of aryl methyl sites for hydroxylation is 1. The van der Waals surface area contributed by atoms with E-state index in [4.69, 9.17) is 11.0 Å². The number of nitrogens with zero attached hydrogens (tertiary/aromatic N) is 1. The highest BCUT2D eigenvalue weighted by molar-refractivity contribution is 9.10. The van der Waals surface area contributed by atoms with Gasteiger partial charge in [-0.05, 0) is 42.8 Å². The second-order valence-corrected chi connectivity index (χ2v) is 4.86. The Bertz CT molecular complexity index is 629. The van der Waals surface area contributed by atoms with E-state index in [2.05, 4.69) is 27.3 Å². The van der Waals surface area contributed by atoms with Crippen molar-refractivity contribution in [3.05, 3.63) is 52.0 Å². The van der Waals surface area contributed by atoms with Crippen LogP contribution in [-0.4, -0.2) is 0 Å². The summed E-state index contributed by atoms with van der Waals surface area (Å²) in [7, 11) is 0. The third-order valence-electron chi connectivity index (χ3n) is 2.63. The lowest BCUT2D eigenvalue weighted by atomic mass is 10.1. The fraction of sp³-hybridized carbons (Fsp3) is 0.0714. The lowest BCUT2D eigenvalue weighted by Crippen LogP contribution is -1.97. The maximum atomic E-state index is 8.78. The molecule has 0 aliphatic heterocycles. The van der Waals surface area contributed by atoms with E-state index in [9.17, 15) is 0 Å². The van der Waals surface area contributed by atoms with E-state index in [0.29, 0.717) is 11.3 Å². The molecule has 0 spiro atoms. The van der Waals surface area contributed by atoms with E-state index in [-0.39, 0.29) is 0 Å².